The number of nitrogens with zero attached hydrogens (tertiary/aromatic N) is 3. The first kappa shape index (κ1) is 23.0. The van der Waals surface area contributed by atoms with Crippen LogP contribution in [0.5, 0.6) is 0 Å². The molecule has 1 heterocycles. The predicted molar refractivity (Wildman–Crippen MR) is 107 cm³/mol. The molecule has 0 aromatic heterocycles. The second-order valence-electron chi connectivity index (χ2n) is 7.21. The first-order valence-electron chi connectivity index (χ1n) is 9.90. The monoisotopic (exact) mass is 413 g/mol. The number of likely N-dealkylation sites (tertiary alicyclic amines) is 1. The van der Waals surface area contributed by atoms with Gasteiger partial charge in [0.2, 0.25) is 5.91 Å². The number of halogens is 3. The molecule has 1 saturated heterocycles. The summed E-state index contributed by atoms with van der Waals surface area (Å²) in [6, 6.07) is 8.25. The minimum absolute atomic E-state index is 0.257. The summed E-state index contributed by atoms with van der Waals surface area (Å²) in [6.45, 7) is 4.60. The summed E-state index contributed by atoms with van der Waals surface area (Å²) >= 11 is 0. The zero-order valence-corrected chi connectivity index (χ0v) is 17.1. The fourth-order valence-corrected chi connectivity index (χ4v) is 3.11. The first-order chi connectivity index (χ1) is 13.8. The van der Waals surface area contributed by atoms with Gasteiger partial charge in [0.25, 0.3) is 0 Å². The van der Waals surface area contributed by atoms with Gasteiger partial charge in [-0.2, -0.15) is 13.2 Å². The van der Waals surface area contributed by atoms with Gasteiger partial charge in [0.1, 0.15) is 6.54 Å². The van der Waals surface area contributed by atoms with Crippen molar-refractivity contribution in [1.29, 1.82) is 0 Å². The van der Waals surface area contributed by atoms with E-state index in [-0.39, 0.29) is 6.54 Å². The van der Waals surface area contributed by atoms with E-state index in [9.17, 15) is 18.0 Å². The SMILES string of the molecule is CCNC(=NCc1ccc(CN2CCCC2)cc1)NCC(=O)N(C)CC(F)(F)F. The van der Waals surface area contributed by atoms with Crippen molar-refractivity contribution in [3.8, 4) is 0 Å². The van der Waals surface area contributed by atoms with E-state index in [1.165, 1.54) is 18.4 Å². The Hall–Kier alpha value is -2.29. The Kier molecular flexibility index (Phi) is 8.75. The highest BCUT2D eigenvalue weighted by atomic mass is 19.4. The maximum absolute atomic E-state index is 12.4. The lowest BCUT2D eigenvalue weighted by Gasteiger charge is -2.20. The van der Waals surface area contributed by atoms with E-state index in [2.05, 4.69) is 32.7 Å². The molecule has 2 N–H and O–H groups in total. The van der Waals surface area contributed by atoms with Crippen molar-refractivity contribution in [1.82, 2.24) is 20.4 Å². The quantitative estimate of drug-likeness (QED) is 0.508. The number of benzene rings is 1. The number of carbonyl (C=O) groups is 1. The number of amides is 1. The summed E-state index contributed by atoms with van der Waals surface area (Å²) in [6.07, 6.45) is -1.88. The van der Waals surface area contributed by atoms with Crippen molar-refractivity contribution in [2.45, 2.75) is 39.0 Å². The molecule has 0 radical (unpaired) electrons. The second kappa shape index (κ2) is 11.0. The van der Waals surface area contributed by atoms with E-state index in [1.54, 1.807) is 0 Å². The molecular weight excluding hydrogens is 383 g/mol. The van der Waals surface area contributed by atoms with Crippen LogP contribution in [0.2, 0.25) is 0 Å². The molecular formula is C20H30F3N5O. The molecule has 1 aromatic carbocycles. The summed E-state index contributed by atoms with van der Waals surface area (Å²) < 4.78 is 37.1. The lowest BCUT2D eigenvalue weighted by atomic mass is 10.1. The van der Waals surface area contributed by atoms with Crippen molar-refractivity contribution in [2.24, 2.45) is 4.99 Å². The second-order valence-corrected chi connectivity index (χ2v) is 7.21. The summed E-state index contributed by atoms with van der Waals surface area (Å²) in [5.74, 6) is -0.262. The predicted octanol–water partition coefficient (Wildman–Crippen LogP) is 2.36. The van der Waals surface area contributed by atoms with Crippen LogP contribution in [0, 0.1) is 0 Å². The van der Waals surface area contributed by atoms with Crippen LogP contribution in [0.15, 0.2) is 29.3 Å². The topological polar surface area (TPSA) is 60.0 Å². The van der Waals surface area contributed by atoms with Crippen LogP contribution in [0.3, 0.4) is 0 Å². The fraction of sp³-hybridized carbons (Fsp3) is 0.600. The van der Waals surface area contributed by atoms with Gasteiger partial charge in [-0.15, -0.1) is 0 Å². The molecule has 2 rings (SSSR count). The van der Waals surface area contributed by atoms with Gasteiger partial charge in [-0.05, 0) is 44.0 Å². The largest absolute Gasteiger partial charge is 0.406 e. The molecule has 0 unspecified atom stereocenters. The highest BCUT2D eigenvalue weighted by molar-refractivity contribution is 5.86. The number of aliphatic imine (C=N–C) groups is 1. The number of hydrogen-bond donors (Lipinski definition) is 2. The number of hydrogen-bond acceptors (Lipinski definition) is 3. The molecule has 0 saturated carbocycles. The van der Waals surface area contributed by atoms with Crippen molar-refractivity contribution >= 4 is 11.9 Å². The van der Waals surface area contributed by atoms with Gasteiger partial charge in [0.05, 0.1) is 13.1 Å². The number of likely N-dealkylation sites (N-methyl/N-ethyl adjacent to an activating group) is 1. The minimum atomic E-state index is -4.41. The van der Waals surface area contributed by atoms with Crippen molar-refractivity contribution in [3.63, 3.8) is 0 Å². The normalized spacial score (nSPS) is 15.4. The maximum atomic E-state index is 12.4. The summed E-state index contributed by atoms with van der Waals surface area (Å²) in [7, 11) is 1.13. The fourth-order valence-electron chi connectivity index (χ4n) is 3.11. The van der Waals surface area contributed by atoms with Crippen LogP contribution in [-0.2, 0) is 17.9 Å². The van der Waals surface area contributed by atoms with E-state index >= 15 is 0 Å². The van der Waals surface area contributed by atoms with Crippen molar-refractivity contribution in [3.05, 3.63) is 35.4 Å². The zero-order chi connectivity index (χ0) is 21.3. The number of alkyl halides is 3. The first-order valence-corrected chi connectivity index (χ1v) is 9.90. The molecule has 0 atom stereocenters. The summed E-state index contributed by atoms with van der Waals surface area (Å²) in [4.78, 5) is 19.4. The third-order valence-electron chi connectivity index (χ3n) is 4.64. The Morgan fingerprint density at radius 2 is 1.76 bits per heavy atom. The van der Waals surface area contributed by atoms with Crippen LogP contribution < -0.4 is 10.6 Å². The minimum Gasteiger partial charge on any atom is -0.357 e. The van der Waals surface area contributed by atoms with Gasteiger partial charge in [0.15, 0.2) is 5.96 Å². The average molecular weight is 413 g/mol. The van der Waals surface area contributed by atoms with Gasteiger partial charge in [-0.25, -0.2) is 4.99 Å². The maximum Gasteiger partial charge on any atom is 0.406 e. The van der Waals surface area contributed by atoms with Gasteiger partial charge < -0.3 is 15.5 Å². The lowest BCUT2D eigenvalue weighted by Crippen LogP contribution is -2.45. The number of guanidine groups is 1. The number of carbonyl (C=O) groups excluding carboxylic acids is 1. The average Bonchev–Trinajstić information content (AvgIpc) is 3.16. The molecule has 0 spiro atoms. The molecule has 1 aromatic rings. The third kappa shape index (κ3) is 8.72. The standard InChI is InChI=1S/C20H30F3N5O/c1-3-24-19(26-13-18(29)27(2)15-20(21,22)23)25-12-16-6-8-17(9-7-16)14-28-10-4-5-11-28/h6-9H,3-5,10-15H2,1-2H3,(H2,24,25,26). The Morgan fingerprint density at radius 3 is 2.34 bits per heavy atom. The molecule has 1 amide bonds. The smallest absolute Gasteiger partial charge is 0.357 e. The van der Waals surface area contributed by atoms with Gasteiger partial charge in [-0.1, -0.05) is 24.3 Å². The van der Waals surface area contributed by atoms with Crippen LogP contribution in [0.25, 0.3) is 0 Å². The Labute approximate surface area is 170 Å². The molecule has 29 heavy (non-hydrogen) atoms. The lowest BCUT2D eigenvalue weighted by molar-refractivity contribution is -0.157. The molecule has 162 valence electrons. The van der Waals surface area contributed by atoms with Crippen LogP contribution in [0.1, 0.15) is 30.9 Å². The molecule has 6 nitrogen and oxygen atoms in total. The van der Waals surface area contributed by atoms with Crippen LogP contribution in [-0.4, -0.2) is 67.6 Å². The molecule has 0 bridgehead atoms. The molecule has 1 fully saturated rings. The van der Waals surface area contributed by atoms with Crippen molar-refractivity contribution < 1.29 is 18.0 Å². The molecule has 0 aliphatic carbocycles. The Bertz CT molecular complexity index is 670. The van der Waals surface area contributed by atoms with Crippen molar-refractivity contribution in [2.75, 3.05) is 39.8 Å². The van der Waals surface area contributed by atoms with E-state index < -0.39 is 18.6 Å². The summed E-state index contributed by atoms with van der Waals surface area (Å²) in [5, 5.41) is 5.78. The van der Waals surface area contributed by atoms with Crippen LogP contribution >= 0.6 is 0 Å². The van der Waals surface area contributed by atoms with E-state index in [0.29, 0.717) is 23.9 Å². The Balaban J connectivity index is 1.85. The molecule has 1 aliphatic heterocycles. The zero-order valence-electron chi connectivity index (χ0n) is 17.1. The Morgan fingerprint density at radius 1 is 1.14 bits per heavy atom. The van der Waals surface area contributed by atoms with Crippen LogP contribution in [0.4, 0.5) is 13.2 Å². The molecule has 9 heteroatoms. The van der Waals surface area contributed by atoms with E-state index in [0.717, 1.165) is 32.2 Å². The highest BCUT2D eigenvalue weighted by Gasteiger charge is 2.31. The number of rotatable bonds is 8. The molecule has 1 aliphatic rings. The summed E-state index contributed by atoms with van der Waals surface area (Å²) in [5.41, 5.74) is 2.29. The number of nitrogens with one attached hydrogen (secondary N) is 2. The van der Waals surface area contributed by atoms with E-state index in [1.807, 2.05) is 19.1 Å². The van der Waals surface area contributed by atoms with Gasteiger partial charge in [-0.3, -0.25) is 9.69 Å². The third-order valence-corrected chi connectivity index (χ3v) is 4.64. The van der Waals surface area contributed by atoms with Gasteiger partial charge >= 0.3 is 6.18 Å². The van der Waals surface area contributed by atoms with Gasteiger partial charge in [0, 0.05) is 20.1 Å². The highest BCUT2D eigenvalue weighted by Crippen LogP contribution is 2.15. The van der Waals surface area contributed by atoms with E-state index in [4.69, 9.17) is 0 Å².